The van der Waals surface area contributed by atoms with Gasteiger partial charge in [-0.25, -0.2) is 4.39 Å². The molecule has 0 bridgehead atoms. The van der Waals surface area contributed by atoms with E-state index in [0.29, 0.717) is 6.04 Å². The molecule has 0 spiro atoms. The summed E-state index contributed by atoms with van der Waals surface area (Å²) < 4.78 is 14.3. The van der Waals surface area contributed by atoms with Crippen LogP contribution in [0.1, 0.15) is 32.3 Å². The first kappa shape index (κ1) is 17.3. The van der Waals surface area contributed by atoms with Crippen molar-refractivity contribution in [1.29, 1.82) is 0 Å². The van der Waals surface area contributed by atoms with Crippen LogP contribution in [0.25, 0.3) is 0 Å². The van der Waals surface area contributed by atoms with Crippen molar-refractivity contribution in [2.24, 2.45) is 0 Å². The minimum atomic E-state index is -0.122. The Morgan fingerprint density at radius 2 is 2.10 bits per heavy atom. The normalized spacial score (nSPS) is 12.4. The van der Waals surface area contributed by atoms with Gasteiger partial charge in [-0.1, -0.05) is 26.0 Å². The molecule has 0 amide bonds. The van der Waals surface area contributed by atoms with Gasteiger partial charge >= 0.3 is 0 Å². The van der Waals surface area contributed by atoms with E-state index in [-0.39, 0.29) is 5.82 Å². The lowest BCUT2D eigenvalue weighted by Crippen LogP contribution is -2.35. The van der Waals surface area contributed by atoms with Gasteiger partial charge in [0.25, 0.3) is 0 Å². The lowest BCUT2D eigenvalue weighted by molar-refractivity contribution is 0.593. The molecule has 0 aliphatic carbocycles. The van der Waals surface area contributed by atoms with Crippen molar-refractivity contribution in [2.45, 2.75) is 39.3 Å². The average molecular weight is 298 g/mol. The van der Waals surface area contributed by atoms with Crippen molar-refractivity contribution in [3.63, 3.8) is 0 Å². The Morgan fingerprint density at radius 1 is 1.35 bits per heavy atom. The molecular weight excluding hydrogens is 271 g/mol. The van der Waals surface area contributed by atoms with Crippen molar-refractivity contribution in [1.82, 2.24) is 5.32 Å². The maximum Gasteiger partial charge on any atom is 0.146 e. The van der Waals surface area contributed by atoms with Crippen LogP contribution in [0.5, 0.6) is 0 Å². The summed E-state index contributed by atoms with van der Waals surface area (Å²) in [6.45, 7) is 5.98. The second-order valence-electron chi connectivity index (χ2n) is 5.05. The summed E-state index contributed by atoms with van der Waals surface area (Å²) >= 11 is 1.81. The third kappa shape index (κ3) is 4.67. The van der Waals surface area contributed by atoms with Crippen molar-refractivity contribution in [3.8, 4) is 0 Å². The molecule has 0 saturated heterocycles. The number of nitrogens with zero attached hydrogens (tertiary/aromatic N) is 1. The summed E-state index contributed by atoms with van der Waals surface area (Å²) in [7, 11) is 2.01. The molecule has 1 N–H and O–H groups in total. The van der Waals surface area contributed by atoms with E-state index >= 15 is 0 Å². The van der Waals surface area contributed by atoms with E-state index < -0.39 is 0 Å². The van der Waals surface area contributed by atoms with Crippen LogP contribution >= 0.6 is 11.8 Å². The van der Waals surface area contributed by atoms with Gasteiger partial charge in [-0.2, -0.15) is 11.8 Å². The van der Waals surface area contributed by atoms with Gasteiger partial charge in [0.05, 0.1) is 5.69 Å². The fraction of sp³-hybridized carbons (Fsp3) is 0.625. The third-order valence-corrected chi connectivity index (χ3v) is 4.26. The molecule has 2 nitrogen and oxygen atoms in total. The van der Waals surface area contributed by atoms with E-state index in [9.17, 15) is 4.39 Å². The zero-order valence-corrected chi connectivity index (χ0v) is 13.9. The molecule has 1 rings (SSSR count). The number of hydrogen-bond donors (Lipinski definition) is 1. The molecule has 1 aromatic rings. The van der Waals surface area contributed by atoms with Crippen molar-refractivity contribution in [3.05, 3.63) is 29.6 Å². The van der Waals surface area contributed by atoms with Gasteiger partial charge in [0.1, 0.15) is 5.82 Å². The fourth-order valence-corrected chi connectivity index (χ4v) is 3.22. The molecule has 0 radical (unpaired) electrons. The molecule has 0 aliphatic rings. The van der Waals surface area contributed by atoms with Crippen LogP contribution in [0.15, 0.2) is 18.2 Å². The Hall–Kier alpha value is -0.740. The summed E-state index contributed by atoms with van der Waals surface area (Å²) in [6, 6.07) is 5.74. The maximum absolute atomic E-state index is 14.3. The van der Waals surface area contributed by atoms with Crippen LogP contribution in [-0.2, 0) is 6.54 Å². The summed E-state index contributed by atoms with van der Waals surface area (Å²) in [6.07, 6.45) is 4.21. The van der Waals surface area contributed by atoms with E-state index in [4.69, 9.17) is 0 Å². The second-order valence-corrected chi connectivity index (χ2v) is 5.96. The Morgan fingerprint density at radius 3 is 2.70 bits per heavy atom. The monoisotopic (exact) mass is 298 g/mol. The van der Waals surface area contributed by atoms with E-state index in [1.165, 1.54) is 0 Å². The SMILES string of the molecule is CCCNCc1cccc(F)c1N(C)C(CC)CSC. The van der Waals surface area contributed by atoms with Gasteiger partial charge in [0.15, 0.2) is 0 Å². The standard InChI is InChI=1S/C16H27FN2S/c1-5-10-18-11-13-8-7-9-15(17)16(13)19(3)14(6-2)12-20-4/h7-9,14,18H,5-6,10-12H2,1-4H3. The molecule has 1 aromatic carbocycles. The highest BCUT2D eigenvalue weighted by Crippen LogP contribution is 2.27. The highest BCUT2D eigenvalue weighted by Gasteiger charge is 2.19. The van der Waals surface area contributed by atoms with E-state index in [2.05, 4.69) is 30.3 Å². The number of halogens is 1. The number of rotatable bonds is 9. The molecule has 0 fully saturated rings. The van der Waals surface area contributed by atoms with Crippen LogP contribution in [0.4, 0.5) is 10.1 Å². The van der Waals surface area contributed by atoms with Gasteiger partial charge in [0.2, 0.25) is 0 Å². The first-order valence-electron chi connectivity index (χ1n) is 7.35. The molecule has 114 valence electrons. The van der Waals surface area contributed by atoms with Crippen molar-refractivity contribution >= 4 is 17.4 Å². The highest BCUT2D eigenvalue weighted by molar-refractivity contribution is 7.98. The van der Waals surface area contributed by atoms with E-state index in [0.717, 1.165) is 42.9 Å². The topological polar surface area (TPSA) is 15.3 Å². The van der Waals surface area contributed by atoms with Gasteiger partial charge in [-0.05, 0) is 37.3 Å². The zero-order chi connectivity index (χ0) is 15.0. The Labute approximate surface area is 127 Å². The molecule has 0 saturated carbocycles. The molecule has 4 heteroatoms. The largest absolute Gasteiger partial charge is 0.368 e. The smallest absolute Gasteiger partial charge is 0.146 e. The molecule has 0 heterocycles. The number of para-hydroxylation sites is 1. The molecule has 0 aromatic heterocycles. The van der Waals surface area contributed by atoms with Crippen LogP contribution in [-0.4, -0.2) is 31.6 Å². The van der Waals surface area contributed by atoms with Gasteiger partial charge < -0.3 is 10.2 Å². The molecular formula is C16H27FN2S. The minimum Gasteiger partial charge on any atom is -0.368 e. The van der Waals surface area contributed by atoms with Crippen LogP contribution < -0.4 is 10.2 Å². The molecule has 1 unspecified atom stereocenters. The zero-order valence-electron chi connectivity index (χ0n) is 13.1. The van der Waals surface area contributed by atoms with Gasteiger partial charge in [0, 0.05) is 25.4 Å². The lowest BCUT2D eigenvalue weighted by Gasteiger charge is -2.31. The van der Waals surface area contributed by atoms with E-state index in [1.807, 2.05) is 24.9 Å². The lowest BCUT2D eigenvalue weighted by atomic mass is 10.1. The average Bonchev–Trinajstić information content (AvgIpc) is 2.44. The molecule has 1 atom stereocenters. The van der Waals surface area contributed by atoms with Crippen molar-refractivity contribution in [2.75, 3.05) is 30.5 Å². The predicted molar refractivity (Wildman–Crippen MR) is 89.3 cm³/mol. The number of benzene rings is 1. The number of anilines is 1. The predicted octanol–water partition coefficient (Wildman–Crippen LogP) is 3.90. The summed E-state index contributed by atoms with van der Waals surface area (Å²) in [5.74, 6) is 0.895. The summed E-state index contributed by atoms with van der Waals surface area (Å²) in [5, 5.41) is 3.36. The molecule has 0 aliphatic heterocycles. The van der Waals surface area contributed by atoms with E-state index in [1.54, 1.807) is 12.1 Å². The van der Waals surface area contributed by atoms with Gasteiger partial charge in [-0.15, -0.1) is 0 Å². The first-order valence-corrected chi connectivity index (χ1v) is 8.74. The van der Waals surface area contributed by atoms with Crippen LogP contribution in [0.2, 0.25) is 0 Å². The highest BCUT2D eigenvalue weighted by atomic mass is 32.2. The fourth-order valence-electron chi connectivity index (χ4n) is 2.38. The first-order chi connectivity index (χ1) is 9.65. The van der Waals surface area contributed by atoms with Crippen LogP contribution in [0, 0.1) is 5.82 Å². The number of nitrogens with one attached hydrogen (secondary N) is 1. The third-order valence-electron chi connectivity index (χ3n) is 3.54. The second kappa shape index (κ2) is 9.24. The molecule has 20 heavy (non-hydrogen) atoms. The Balaban J connectivity index is 2.95. The Bertz CT molecular complexity index is 398. The minimum absolute atomic E-state index is 0.122. The van der Waals surface area contributed by atoms with Crippen molar-refractivity contribution < 1.29 is 4.39 Å². The number of thioether (sulfide) groups is 1. The quantitative estimate of drug-likeness (QED) is 0.696. The summed E-state index contributed by atoms with van der Waals surface area (Å²) in [4.78, 5) is 2.11. The number of hydrogen-bond acceptors (Lipinski definition) is 3. The van der Waals surface area contributed by atoms with Crippen LogP contribution in [0.3, 0.4) is 0 Å². The summed E-state index contributed by atoms with van der Waals surface area (Å²) in [5.41, 5.74) is 1.79. The van der Waals surface area contributed by atoms with Gasteiger partial charge in [-0.3, -0.25) is 0 Å². The Kier molecular flexibility index (Phi) is 8.00. The maximum atomic E-state index is 14.3.